The largest absolute Gasteiger partial charge is 0.294 e. The summed E-state index contributed by atoms with van der Waals surface area (Å²) in [5, 5.41) is 9.03. The van der Waals surface area contributed by atoms with Gasteiger partial charge in [0.25, 0.3) is 0 Å². The fourth-order valence-corrected chi connectivity index (χ4v) is 2.54. The molecule has 0 saturated heterocycles. The topological polar surface area (TPSA) is 65.1 Å². The summed E-state index contributed by atoms with van der Waals surface area (Å²) in [6, 6.07) is 0. The van der Waals surface area contributed by atoms with Gasteiger partial charge in [0, 0.05) is 18.9 Å². The van der Waals surface area contributed by atoms with Crippen molar-refractivity contribution in [2.45, 2.75) is 26.8 Å². The predicted molar refractivity (Wildman–Crippen MR) is 78.7 cm³/mol. The molecule has 0 radical (unpaired) electrons. The Hall–Kier alpha value is -2.21. The summed E-state index contributed by atoms with van der Waals surface area (Å²) in [6.45, 7) is 4.48. The average Bonchev–Trinajstić information content (AvgIpc) is 3.03. The maximum atomic E-state index is 12.5. The smallest absolute Gasteiger partial charge is 0.172 e. The normalized spacial score (nSPS) is 11.2. The summed E-state index contributed by atoms with van der Waals surface area (Å²) in [4.78, 5) is 16.6. The Morgan fingerprint density at radius 1 is 1.38 bits per heavy atom. The van der Waals surface area contributed by atoms with Crippen molar-refractivity contribution in [2.24, 2.45) is 0 Å². The quantitative estimate of drug-likeness (QED) is 0.694. The molecule has 3 rings (SSSR count). The Balaban J connectivity index is 1.97. The van der Waals surface area contributed by atoms with Gasteiger partial charge in [-0.15, -0.1) is 0 Å². The van der Waals surface area contributed by atoms with Crippen LogP contribution in [0.1, 0.15) is 28.7 Å². The first kappa shape index (κ1) is 13.8. The molecule has 21 heavy (non-hydrogen) atoms. The van der Waals surface area contributed by atoms with Crippen molar-refractivity contribution in [3.63, 3.8) is 0 Å². The van der Waals surface area contributed by atoms with Crippen LogP contribution in [0.25, 0.3) is 5.52 Å². The number of carbonyl (C=O) groups excluding carboxylic acids is 1. The molecule has 0 saturated carbocycles. The summed E-state index contributed by atoms with van der Waals surface area (Å²) in [7, 11) is 0. The minimum atomic E-state index is -0.0468. The molecule has 0 aliphatic heterocycles. The number of hydrogen-bond acceptors (Lipinski definition) is 4. The van der Waals surface area contributed by atoms with Gasteiger partial charge in [0.1, 0.15) is 0 Å². The zero-order valence-corrected chi connectivity index (χ0v) is 12.5. The molecule has 0 amide bonds. The van der Waals surface area contributed by atoms with Gasteiger partial charge in [0.2, 0.25) is 0 Å². The van der Waals surface area contributed by atoms with Gasteiger partial charge in [-0.3, -0.25) is 14.5 Å². The summed E-state index contributed by atoms with van der Waals surface area (Å²) >= 11 is 6.25. The Morgan fingerprint density at radius 2 is 2.19 bits per heavy atom. The molecular formula is C14H14ClN5O. The molecule has 0 aliphatic rings. The lowest BCUT2D eigenvalue weighted by Crippen LogP contribution is -2.10. The Bertz CT molecular complexity index is 820. The van der Waals surface area contributed by atoms with Crippen molar-refractivity contribution in [2.75, 3.05) is 0 Å². The average molecular weight is 304 g/mol. The lowest BCUT2D eigenvalue weighted by Gasteiger charge is -2.04. The van der Waals surface area contributed by atoms with E-state index >= 15 is 0 Å². The standard InChI is InChI=1S/C14H14ClN5O/c1-3-19-11(14(15)9(2)18-19)6-13(21)10-7-17-20-5-4-16-8-12(10)20/h4-5,7-8H,3,6H2,1-2H3. The number of rotatable bonds is 4. The van der Waals surface area contributed by atoms with Crippen LogP contribution in [0.3, 0.4) is 0 Å². The van der Waals surface area contributed by atoms with Gasteiger partial charge in [0.05, 0.1) is 46.3 Å². The van der Waals surface area contributed by atoms with Crippen LogP contribution < -0.4 is 0 Å². The number of aryl methyl sites for hydroxylation is 2. The number of carbonyl (C=O) groups is 1. The third kappa shape index (κ3) is 2.31. The minimum absolute atomic E-state index is 0.0468. The third-order valence-corrected chi connectivity index (χ3v) is 3.90. The van der Waals surface area contributed by atoms with Gasteiger partial charge < -0.3 is 0 Å². The third-order valence-electron chi connectivity index (χ3n) is 3.41. The summed E-state index contributed by atoms with van der Waals surface area (Å²) in [6.07, 6.45) is 6.72. The number of hydrogen-bond donors (Lipinski definition) is 0. The highest BCUT2D eigenvalue weighted by atomic mass is 35.5. The van der Waals surface area contributed by atoms with E-state index in [0.29, 0.717) is 22.6 Å². The zero-order valence-electron chi connectivity index (χ0n) is 11.7. The van der Waals surface area contributed by atoms with E-state index in [1.165, 1.54) is 0 Å². The molecule has 0 N–H and O–H groups in total. The van der Waals surface area contributed by atoms with E-state index in [2.05, 4.69) is 15.2 Å². The Morgan fingerprint density at radius 3 is 2.95 bits per heavy atom. The molecule has 0 atom stereocenters. The predicted octanol–water partition coefficient (Wildman–Crippen LogP) is 2.33. The lowest BCUT2D eigenvalue weighted by molar-refractivity contribution is 0.0992. The van der Waals surface area contributed by atoms with E-state index in [0.717, 1.165) is 11.4 Å². The highest BCUT2D eigenvalue weighted by Crippen LogP contribution is 2.22. The second kappa shape index (κ2) is 5.29. The van der Waals surface area contributed by atoms with E-state index in [4.69, 9.17) is 11.6 Å². The van der Waals surface area contributed by atoms with Crippen LogP contribution in [0, 0.1) is 6.92 Å². The summed E-state index contributed by atoms with van der Waals surface area (Å²) in [5.74, 6) is -0.0468. The van der Waals surface area contributed by atoms with E-state index < -0.39 is 0 Å². The van der Waals surface area contributed by atoms with Crippen LogP contribution in [-0.2, 0) is 13.0 Å². The van der Waals surface area contributed by atoms with Crippen molar-refractivity contribution in [3.8, 4) is 0 Å². The highest BCUT2D eigenvalue weighted by molar-refractivity contribution is 6.32. The van der Waals surface area contributed by atoms with Crippen molar-refractivity contribution in [3.05, 3.63) is 46.8 Å². The minimum Gasteiger partial charge on any atom is -0.294 e. The molecule has 0 bridgehead atoms. The first-order chi connectivity index (χ1) is 10.1. The molecule has 0 aromatic carbocycles. The highest BCUT2D eigenvalue weighted by Gasteiger charge is 2.19. The van der Waals surface area contributed by atoms with Crippen molar-refractivity contribution in [1.29, 1.82) is 0 Å². The second-order valence-electron chi connectivity index (χ2n) is 4.73. The van der Waals surface area contributed by atoms with Crippen LogP contribution in [0.5, 0.6) is 0 Å². The fraction of sp³-hybridized carbons (Fsp3) is 0.286. The Kier molecular flexibility index (Phi) is 3.47. The molecule has 108 valence electrons. The van der Waals surface area contributed by atoms with Gasteiger partial charge >= 0.3 is 0 Å². The van der Waals surface area contributed by atoms with E-state index in [9.17, 15) is 4.79 Å². The Labute approximate surface area is 126 Å². The lowest BCUT2D eigenvalue weighted by atomic mass is 10.1. The van der Waals surface area contributed by atoms with Gasteiger partial charge in [-0.2, -0.15) is 10.2 Å². The molecule has 0 spiro atoms. The SMILES string of the molecule is CCn1nc(C)c(Cl)c1CC(=O)c1cnn2ccncc12. The summed E-state index contributed by atoms with van der Waals surface area (Å²) in [5.41, 5.74) is 2.71. The molecule has 3 heterocycles. The molecule has 3 aromatic heterocycles. The number of halogens is 1. The van der Waals surface area contributed by atoms with Gasteiger partial charge in [0.15, 0.2) is 5.78 Å². The van der Waals surface area contributed by atoms with Crippen molar-refractivity contribution < 1.29 is 4.79 Å². The van der Waals surface area contributed by atoms with Gasteiger partial charge in [-0.05, 0) is 13.8 Å². The summed E-state index contributed by atoms with van der Waals surface area (Å²) < 4.78 is 3.39. The van der Waals surface area contributed by atoms with E-state index in [1.807, 2.05) is 13.8 Å². The van der Waals surface area contributed by atoms with E-state index in [-0.39, 0.29) is 12.2 Å². The maximum Gasteiger partial charge on any atom is 0.172 e. The van der Waals surface area contributed by atoms with Crippen LogP contribution >= 0.6 is 11.6 Å². The van der Waals surface area contributed by atoms with Crippen LogP contribution in [0.2, 0.25) is 5.02 Å². The molecule has 0 fully saturated rings. The number of Topliss-reactive ketones (excluding diaryl/α,β-unsaturated/α-hetero) is 1. The van der Waals surface area contributed by atoms with E-state index in [1.54, 1.807) is 34.0 Å². The number of nitrogens with zero attached hydrogens (tertiary/aromatic N) is 5. The monoisotopic (exact) mass is 303 g/mol. The molecule has 0 aliphatic carbocycles. The van der Waals surface area contributed by atoms with Crippen LogP contribution in [-0.4, -0.2) is 30.2 Å². The molecule has 3 aromatic rings. The zero-order chi connectivity index (χ0) is 15.0. The molecule has 7 heteroatoms. The first-order valence-corrected chi connectivity index (χ1v) is 7.02. The van der Waals surface area contributed by atoms with Gasteiger partial charge in [-0.25, -0.2) is 4.52 Å². The second-order valence-corrected chi connectivity index (χ2v) is 5.10. The maximum absolute atomic E-state index is 12.5. The molecule has 0 unspecified atom stereocenters. The number of fused-ring (bicyclic) bond motifs is 1. The number of ketones is 1. The fourth-order valence-electron chi connectivity index (χ4n) is 2.33. The van der Waals surface area contributed by atoms with Gasteiger partial charge in [-0.1, -0.05) is 11.6 Å². The first-order valence-electron chi connectivity index (χ1n) is 6.64. The van der Waals surface area contributed by atoms with Crippen LogP contribution in [0.15, 0.2) is 24.8 Å². The van der Waals surface area contributed by atoms with Crippen LogP contribution in [0.4, 0.5) is 0 Å². The van der Waals surface area contributed by atoms with Crippen molar-refractivity contribution >= 4 is 22.9 Å². The van der Waals surface area contributed by atoms with Crippen molar-refractivity contribution in [1.82, 2.24) is 24.4 Å². The molecular weight excluding hydrogens is 290 g/mol. The molecule has 6 nitrogen and oxygen atoms in total. The number of aromatic nitrogens is 5.